The maximum atomic E-state index is 6.15. The molecule has 1 N–H and O–H groups in total. The molecular formula is C13H18ClNO. The molecule has 0 aliphatic carbocycles. The van der Waals surface area contributed by atoms with E-state index in [1.165, 1.54) is 0 Å². The average molecular weight is 240 g/mol. The van der Waals surface area contributed by atoms with Crippen molar-refractivity contribution in [3.63, 3.8) is 0 Å². The molecule has 1 aromatic carbocycles. The highest BCUT2D eigenvalue weighted by atomic mass is 35.5. The second kappa shape index (κ2) is 4.02. The lowest BCUT2D eigenvalue weighted by Crippen LogP contribution is -2.47. The third kappa shape index (κ3) is 2.57. The Labute approximate surface area is 102 Å². The van der Waals surface area contributed by atoms with E-state index < -0.39 is 0 Å². The highest BCUT2D eigenvalue weighted by Gasteiger charge is 2.40. The molecule has 1 fully saturated rings. The van der Waals surface area contributed by atoms with Crippen LogP contribution in [0.5, 0.6) is 0 Å². The van der Waals surface area contributed by atoms with Gasteiger partial charge < -0.3 is 4.74 Å². The van der Waals surface area contributed by atoms with E-state index in [9.17, 15) is 0 Å². The number of hydrogen-bond acceptors (Lipinski definition) is 2. The summed E-state index contributed by atoms with van der Waals surface area (Å²) in [4.78, 5) is 0. The molecule has 1 aliphatic rings. The Kier molecular flexibility index (Phi) is 2.99. The van der Waals surface area contributed by atoms with Crippen LogP contribution in [0.4, 0.5) is 0 Å². The molecule has 1 atom stereocenters. The van der Waals surface area contributed by atoms with Crippen molar-refractivity contribution in [2.75, 3.05) is 6.61 Å². The van der Waals surface area contributed by atoms with Gasteiger partial charge in [0.2, 0.25) is 0 Å². The van der Waals surface area contributed by atoms with E-state index >= 15 is 0 Å². The van der Waals surface area contributed by atoms with Gasteiger partial charge in [-0.1, -0.05) is 29.8 Å². The second-order valence-electron chi connectivity index (χ2n) is 5.30. The van der Waals surface area contributed by atoms with E-state index in [1.807, 2.05) is 24.3 Å². The van der Waals surface area contributed by atoms with E-state index in [1.54, 1.807) is 0 Å². The quantitative estimate of drug-likeness (QED) is 0.857. The molecule has 88 valence electrons. The van der Waals surface area contributed by atoms with E-state index in [-0.39, 0.29) is 11.3 Å². The average Bonchev–Trinajstić information content (AvgIpc) is 2.45. The third-order valence-electron chi connectivity index (χ3n) is 2.84. The van der Waals surface area contributed by atoms with Gasteiger partial charge in [-0.3, -0.25) is 5.32 Å². The molecule has 1 saturated heterocycles. The van der Waals surface area contributed by atoms with Gasteiger partial charge in [0, 0.05) is 17.0 Å². The van der Waals surface area contributed by atoms with Crippen LogP contribution >= 0.6 is 11.6 Å². The maximum absolute atomic E-state index is 6.15. The summed E-state index contributed by atoms with van der Waals surface area (Å²) < 4.78 is 5.84. The SMILES string of the molecule is CC1(C)COC(C)(Cc2ccccc2Cl)N1. The number of hydrogen-bond donors (Lipinski definition) is 1. The summed E-state index contributed by atoms with van der Waals surface area (Å²) in [6.07, 6.45) is 0.788. The van der Waals surface area contributed by atoms with Gasteiger partial charge in [0.15, 0.2) is 0 Å². The normalized spacial score (nSPS) is 28.2. The second-order valence-corrected chi connectivity index (χ2v) is 5.70. The molecule has 16 heavy (non-hydrogen) atoms. The first-order valence-electron chi connectivity index (χ1n) is 5.57. The lowest BCUT2D eigenvalue weighted by molar-refractivity contribution is 0.00671. The zero-order valence-corrected chi connectivity index (χ0v) is 10.8. The van der Waals surface area contributed by atoms with Crippen LogP contribution in [0.1, 0.15) is 26.3 Å². The topological polar surface area (TPSA) is 21.3 Å². The minimum atomic E-state index is -0.311. The largest absolute Gasteiger partial charge is 0.359 e. The van der Waals surface area contributed by atoms with E-state index in [2.05, 4.69) is 26.1 Å². The first-order valence-corrected chi connectivity index (χ1v) is 5.95. The third-order valence-corrected chi connectivity index (χ3v) is 3.21. The molecule has 3 heteroatoms. The van der Waals surface area contributed by atoms with Crippen LogP contribution in [0, 0.1) is 0 Å². The van der Waals surface area contributed by atoms with Gasteiger partial charge in [-0.25, -0.2) is 0 Å². The number of nitrogens with one attached hydrogen (secondary N) is 1. The Balaban J connectivity index is 2.14. The van der Waals surface area contributed by atoms with Crippen LogP contribution in [-0.2, 0) is 11.2 Å². The number of rotatable bonds is 2. The number of ether oxygens (including phenoxy) is 1. The molecule has 0 saturated carbocycles. The van der Waals surface area contributed by atoms with Crippen molar-refractivity contribution >= 4 is 11.6 Å². The first-order chi connectivity index (χ1) is 7.40. The van der Waals surface area contributed by atoms with Crippen molar-refractivity contribution in [1.29, 1.82) is 0 Å². The van der Waals surface area contributed by atoms with Crippen LogP contribution in [-0.4, -0.2) is 17.9 Å². The Morgan fingerprint density at radius 1 is 1.31 bits per heavy atom. The predicted molar refractivity (Wildman–Crippen MR) is 66.7 cm³/mol. The van der Waals surface area contributed by atoms with Crippen molar-refractivity contribution in [2.24, 2.45) is 0 Å². The first kappa shape index (κ1) is 11.9. The Bertz CT molecular complexity index is 391. The Morgan fingerprint density at radius 3 is 2.56 bits per heavy atom. The van der Waals surface area contributed by atoms with Crippen molar-refractivity contribution in [3.8, 4) is 0 Å². The van der Waals surface area contributed by atoms with E-state index in [0.717, 1.165) is 23.6 Å². The molecular weight excluding hydrogens is 222 g/mol. The zero-order valence-electron chi connectivity index (χ0n) is 10.0. The van der Waals surface area contributed by atoms with Crippen molar-refractivity contribution < 1.29 is 4.74 Å². The minimum absolute atomic E-state index is 0.0377. The van der Waals surface area contributed by atoms with Gasteiger partial charge in [-0.2, -0.15) is 0 Å². The summed E-state index contributed by atoms with van der Waals surface area (Å²) in [6, 6.07) is 7.91. The smallest absolute Gasteiger partial charge is 0.121 e. The van der Waals surface area contributed by atoms with Gasteiger partial charge in [0.05, 0.1) is 6.61 Å². The fraction of sp³-hybridized carbons (Fsp3) is 0.538. The summed E-state index contributed by atoms with van der Waals surface area (Å²) >= 11 is 6.15. The molecule has 1 aliphatic heterocycles. The molecule has 1 unspecified atom stereocenters. The molecule has 0 spiro atoms. The number of benzene rings is 1. The summed E-state index contributed by atoms with van der Waals surface area (Å²) in [5, 5.41) is 4.31. The summed E-state index contributed by atoms with van der Waals surface area (Å²) in [5.41, 5.74) is 0.849. The van der Waals surface area contributed by atoms with Gasteiger partial charge in [-0.05, 0) is 32.4 Å². The lowest BCUT2D eigenvalue weighted by atomic mass is 10.0. The standard InChI is InChI=1S/C13H18ClNO/c1-12(2)9-16-13(3,15-12)8-10-6-4-5-7-11(10)14/h4-7,15H,8-9H2,1-3H3. The van der Waals surface area contributed by atoms with Crippen molar-refractivity contribution in [2.45, 2.75) is 38.5 Å². The van der Waals surface area contributed by atoms with Gasteiger partial charge in [0.1, 0.15) is 5.72 Å². The van der Waals surface area contributed by atoms with Crippen LogP contribution in [0.3, 0.4) is 0 Å². The fourth-order valence-electron chi connectivity index (χ4n) is 2.23. The minimum Gasteiger partial charge on any atom is -0.359 e. The highest BCUT2D eigenvalue weighted by Crippen LogP contribution is 2.28. The summed E-state index contributed by atoms with van der Waals surface area (Å²) in [6.45, 7) is 7.09. The fourth-order valence-corrected chi connectivity index (χ4v) is 2.43. The predicted octanol–water partition coefficient (Wildman–Crippen LogP) is 3.00. The molecule has 1 heterocycles. The van der Waals surface area contributed by atoms with Gasteiger partial charge >= 0.3 is 0 Å². The summed E-state index contributed by atoms with van der Waals surface area (Å²) in [7, 11) is 0. The molecule has 0 radical (unpaired) electrons. The Morgan fingerprint density at radius 2 is 2.00 bits per heavy atom. The monoisotopic (exact) mass is 239 g/mol. The molecule has 2 nitrogen and oxygen atoms in total. The van der Waals surface area contributed by atoms with Gasteiger partial charge in [0.25, 0.3) is 0 Å². The van der Waals surface area contributed by atoms with Crippen LogP contribution in [0.25, 0.3) is 0 Å². The van der Waals surface area contributed by atoms with Crippen molar-refractivity contribution in [1.82, 2.24) is 5.32 Å². The molecule has 0 amide bonds. The Hall–Kier alpha value is -0.570. The van der Waals surface area contributed by atoms with Gasteiger partial charge in [-0.15, -0.1) is 0 Å². The maximum Gasteiger partial charge on any atom is 0.121 e. The van der Waals surface area contributed by atoms with Crippen LogP contribution in [0.15, 0.2) is 24.3 Å². The molecule has 1 aromatic rings. The van der Waals surface area contributed by atoms with E-state index in [0.29, 0.717) is 0 Å². The zero-order chi connectivity index (χ0) is 11.8. The molecule has 0 bridgehead atoms. The summed E-state index contributed by atoms with van der Waals surface area (Å²) in [5.74, 6) is 0. The molecule has 0 aromatic heterocycles. The number of halogens is 1. The molecule has 2 rings (SSSR count). The van der Waals surface area contributed by atoms with E-state index in [4.69, 9.17) is 16.3 Å². The van der Waals surface area contributed by atoms with Crippen LogP contribution < -0.4 is 5.32 Å². The van der Waals surface area contributed by atoms with Crippen molar-refractivity contribution in [3.05, 3.63) is 34.9 Å². The lowest BCUT2D eigenvalue weighted by Gasteiger charge is -2.27. The highest BCUT2D eigenvalue weighted by molar-refractivity contribution is 6.31. The van der Waals surface area contributed by atoms with Crippen LogP contribution in [0.2, 0.25) is 5.02 Å².